The van der Waals surface area contributed by atoms with Gasteiger partial charge >= 0.3 is 0 Å². The Labute approximate surface area is 109 Å². The number of hydrogen-bond donors (Lipinski definition) is 0. The average Bonchev–Trinajstić information content (AvgIpc) is 2.54. The van der Waals surface area contributed by atoms with E-state index in [4.69, 9.17) is 13.0 Å². The van der Waals surface area contributed by atoms with E-state index in [-0.39, 0.29) is 0 Å². The zero-order chi connectivity index (χ0) is 13.1. The molecule has 0 saturated carbocycles. The first-order valence-corrected chi connectivity index (χ1v) is 8.51. The third kappa shape index (κ3) is 4.63. The summed E-state index contributed by atoms with van der Waals surface area (Å²) in [5.74, 6) is 0. The number of nitrogens with zero attached hydrogens (tertiary/aromatic N) is 1. The van der Waals surface area contributed by atoms with E-state index in [9.17, 15) is 0 Å². The molecule has 0 saturated heterocycles. The summed E-state index contributed by atoms with van der Waals surface area (Å²) in [6.45, 7) is 0. The highest BCUT2D eigenvalue weighted by atomic mass is 32.2. The van der Waals surface area contributed by atoms with Crippen LogP contribution in [-0.4, -0.2) is 25.5 Å². The number of aromatic nitrogens is 1. The second kappa shape index (κ2) is 5.81. The van der Waals surface area contributed by atoms with Gasteiger partial charge in [-0.1, -0.05) is 23.5 Å². The lowest BCUT2D eigenvalue weighted by molar-refractivity contribution is -0.676. The van der Waals surface area contributed by atoms with Crippen LogP contribution < -0.4 is 4.57 Å². The van der Waals surface area contributed by atoms with Crippen LogP contribution in [0.2, 0.25) is 0 Å². The Morgan fingerprint density at radius 1 is 1.35 bits per heavy atom. The summed E-state index contributed by atoms with van der Waals surface area (Å²) in [5.41, 5.74) is 1.33. The minimum absolute atomic E-state index is 0.604. The van der Waals surface area contributed by atoms with Crippen LogP contribution in [0, 0.1) is 0 Å². The molecule has 0 aliphatic carbocycles. The lowest BCUT2D eigenvalue weighted by Gasteiger charge is -1.90. The summed E-state index contributed by atoms with van der Waals surface area (Å²) < 4.78 is 32.2. The number of aryl methyl sites for hydroxylation is 1. The van der Waals surface area contributed by atoms with Crippen molar-refractivity contribution in [3.05, 3.63) is 24.3 Å². The number of benzene rings is 1. The zero-order valence-corrected chi connectivity index (χ0v) is 12.2. The molecule has 0 amide bonds. The van der Waals surface area contributed by atoms with E-state index in [2.05, 4.69) is 42.1 Å². The van der Waals surface area contributed by atoms with Crippen molar-refractivity contribution in [2.75, 3.05) is 12.5 Å². The Balaban J connectivity index is 0.000000249. The maximum Gasteiger partial charge on any atom is 0.297 e. The van der Waals surface area contributed by atoms with Crippen molar-refractivity contribution < 1.29 is 17.5 Å². The van der Waals surface area contributed by atoms with Gasteiger partial charge in [0.15, 0.2) is 0 Å². The number of para-hydroxylation sites is 1. The van der Waals surface area contributed by atoms with Crippen LogP contribution in [0.25, 0.3) is 10.2 Å². The monoisotopic (exact) mass is 291 g/mol. The highest BCUT2D eigenvalue weighted by Gasteiger charge is 2.14. The molecule has 1 heterocycles. The quantitative estimate of drug-likeness (QED) is 0.455. The Bertz CT molecular complexity index is 596. The van der Waals surface area contributed by atoms with E-state index in [0.717, 1.165) is 0 Å². The topological polar surface area (TPSA) is 61.1 Å². The number of rotatable bonds is 1. The first-order valence-electron chi connectivity index (χ1n) is 4.65. The molecule has 0 spiro atoms. The predicted octanol–water partition coefficient (Wildman–Crippen LogP) is 1.61. The van der Waals surface area contributed by atoms with Crippen LogP contribution in [0.3, 0.4) is 0 Å². The lowest BCUT2D eigenvalue weighted by atomic mass is 10.3. The van der Waals surface area contributed by atoms with E-state index >= 15 is 0 Å². The Morgan fingerprint density at radius 3 is 2.35 bits per heavy atom. The van der Waals surface area contributed by atoms with Crippen LogP contribution >= 0.6 is 23.1 Å². The first kappa shape index (κ1) is 14.4. The van der Waals surface area contributed by atoms with Crippen molar-refractivity contribution in [3.63, 3.8) is 0 Å². The summed E-state index contributed by atoms with van der Waals surface area (Å²) in [5, 5.41) is 0. The van der Waals surface area contributed by atoms with E-state index in [1.54, 1.807) is 11.8 Å². The molecule has 2 rings (SSSR count). The average molecular weight is 291 g/mol. The van der Waals surface area contributed by atoms with E-state index in [1.807, 2.05) is 11.3 Å². The summed E-state index contributed by atoms with van der Waals surface area (Å²) in [6, 6.07) is 8.49. The van der Waals surface area contributed by atoms with Gasteiger partial charge in [0.25, 0.3) is 4.34 Å². The molecule has 1 aromatic carbocycles. The second-order valence-corrected chi connectivity index (χ2v) is 6.80. The predicted molar refractivity (Wildman–Crippen MR) is 70.4 cm³/mol. The molecular weight excluding hydrogens is 278 g/mol. The third-order valence-corrected chi connectivity index (χ3v) is 4.26. The Hall–Kier alpha value is -0.630. The number of fused-ring (bicyclic) bond motifs is 1. The van der Waals surface area contributed by atoms with Crippen LogP contribution in [-0.2, 0) is 17.2 Å². The smallest absolute Gasteiger partial charge is 0.297 e. The standard InChI is InChI=1S/C9H10NS2.CH4O3S/c1-10-7-5-3-4-6-8(7)12-9(10)11-2;1-5(2,3)4/h3-6H,1-2H3;1H3,(H,2,3,4)/q+1;/p-1. The summed E-state index contributed by atoms with van der Waals surface area (Å²) in [6.07, 6.45) is 2.72. The summed E-state index contributed by atoms with van der Waals surface area (Å²) in [7, 11) is -1.80. The van der Waals surface area contributed by atoms with Crippen molar-refractivity contribution in [1.82, 2.24) is 0 Å². The molecule has 94 valence electrons. The van der Waals surface area contributed by atoms with Gasteiger partial charge < -0.3 is 4.55 Å². The van der Waals surface area contributed by atoms with Crippen molar-refractivity contribution in [2.45, 2.75) is 4.34 Å². The molecule has 2 aromatic rings. The van der Waals surface area contributed by atoms with Gasteiger partial charge in [0.05, 0.1) is 10.1 Å². The molecule has 17 heavy (non-hydrogen) atoms. The molecular formula is C10H13NO3S3. The number of thioether (sulfide) groups is 1. The van der Waals surface area contributed by atoms with Gasteiger partial charge in [0.2, 0.25) is 5.52 Å². The molecule has 0 atom stereocenters. The minimum atomic E-state index is -3.92. The van der Waals surface area contributed by atoms with Crippen molar-refractivity contribution >= 4 is 43.4 Å². The van der Waals surface area contributed by atoms with Gasteiger partial charge in [-0.05, 0) is 24.1 Å². The molecule has 0 aliphatic heterocycles. The first-order chi connectivity index (χ1) is 7.83. The van der Waals surface area contributed by atoms with Gasteiger partial charge in [0.1, 0.15) is 11.7 Å². The summed E-state index contributed by atoms with van der Waals surface area (Å²) >= 11 is 3.65. The van der Waals surface area contributed by atoms with Crippen LogP contribution in [0.5, 0.6) is 0 Å². The van der Waals surface area contributed by atoms with Crippen LogP contribution in [0.1, 0.15) is 0 Å². The van der Waals surface area contributed by atoms with Crippen molar-refractivity contribution in [3.8, 4) is 0 Å². The molecule has 0 bridgehead atoms. The fourth-order valence-corrected chi connectivity index (χ4v) is 3.11. The Morgan fingerprint density at radius 2 is 1.88 bits per heavy atom. The third-order valence-electron chi connectivity index (χ3n) is 1.87. The van der Waals surface area contributed by atoms with Gasteiger partial charge in [-0.15, -0.1) is 0 Å². The molecule has 0 aliphatic rings. The van der Waals surface area contributed by atoms with Gasteiger partial charge in [0, 0.05) is 12.3 Å². The number of hydrogen-bond acceptors (Lipinski definition) is 5. The fraction of sp³-hybridized carbons (Fsp3) is 0.300. The van der Waals surface area contributed by atoms with E-state index in [0.29, 0.717) is 6.26 Å². The largest absolute Gasteiger partial charge is 0.748 e. The van der Waals surface area contributed by atoms with Crippen molar-refractivity contribution in [1.29, 1.82) is 0 Å². The van der Waals surface area contributed by atoms with Gasteiger partial charge in [-0.25, -0.2) is 8.42 Å². The molecule has 0 fully saturated rings. The maximum absolute atomic E-state index is 9.08. The van der Waals surface area contributed by atoms with Crippen LogP contribution in [0.4, 0.5) is 0 Å². The van der Waals surface area contributed by atoms with E-state index < -0.39 is 10.1 Å². The van der Waals surface area contributed by atoms with Crippen LogP contribution in [0.15, 0.2) is 28.6 Å². The minimum Gasteiger partial charge on any atom is -0.748 e. The normalized spacial score (nSPS) is 11.1. The maximum atomic E-state index is 9.08. The SMILES string of the molecule is CS(=O)(=O)[O-].CSc1sc2ccccc2[n+]1C. The molecule has 7 heteroatoms. The second-order valence-electron chi connectivity index (χ2n) is 3.30. The molecule has 0 N–H and O–H groups in total. The fourth-order valence-electron chi connectivity index (χ4n) is 1.26. The highest BCUT2D eigenvalue weighted by Crippen LogP contribution is 2.25. The molecule has 1 aromatic heterocycles. The molecule has 0 radical (unpaired) electrons. The number of thiazole rings is 1. The van der Waals surface area contributed by atoms with Crippen molar-refractivity contribution in [2.24, 2.45) is 7.05 Å². The van der Waals surface area contributed by atoms with E-state index in [1.165, 1.54) is 14.6 Å². The molecule has 4 nitrogen and oxygen atoms in total. The van der Waals surface area contributed by atoms with Gasteiger partial charge in [-0.3, -0.25) is 0 Å². The summed E-state index contributed by atoms with van der Waals surface area (Å²) in [4.78, 5) is 0. The Kier molecular flexibility index (Phi) is 4.93. The lowest BCUT2D eigenvalue weighted by Crippen LogP contribution is -2.27. The highest BCUT2D eigenvalue weighted by molar-refractivity contribution is 8.00. The zero-order valence-electron chi connectivity index (χ0n) is 9.71. The molecule has 0 unspecified atom stereocenters. The van der Waals surface area contributed by atoms with Gasteiger partial charge in [-0.2, -0.15) is 4.57 Å².